The van der Waals surface area contributed by atoms with Crippen LogP contribution < -0.4 is 0 Å². The number of piperidine rings is 1. The van der Waals surface area contributed by atoms with Crippen molar-refractivity contribution in [2.75, 3.05) is 13.1 Å². The average molecular weight is 408 g/mol. The molecule has 1 unspecified atom stereocenters. The summed E-state index contributed by atoms with van der Waals surface area (Å²) in [5.74, 6) is -0.542. The van der Waals surface area contributed by atoms with Crippen LogP contribution in [0.1, 0.15) is 58.9 Å². The van der Waals surface area contributed by atoms with Crippen LogP contribution in [0.4, 0.5) is 13.2 Å². The third-order valence-corrected chi connectivity index (χ3v) is 5.20. The number of nitrogens with zero attached hydrogens (tertiary/aromatic N) is 4. The second-order valence-electron chi connectivity index (χ2n) is 7.17. The molecule has 1 fully saturated rings. The quantitative estimate of drug-likeness (QED) is 0.648. The summed E-state index contributed by atoms with van der Waals surface area (Å²) in [6.07, 6.45) is -2.67. The molecule has 1 saturated heterocycles. The molecule has 0 radical (unpaired) electrons. The first-order valence-corrected chi connectivity index (χ1v) is 9.37. The lowest BCUT2D eigenvalue weighted by Crippen LogP contribution is -2.39. The average Bonchev–Trinajstić information content (AvgIpc) is 3.33. The van der Waals surface area contributed by atoms with Gasteiger partial charge in [0.15, 0.2) is 0 Å². The Kier molecular flexibility index (Phi) is 4.79. The lowest BCUT2D eigenvalue weighted by Gasteiger charge is -2.32. The standard InChI is InChI=1S/C19H19F3N4O3/c1-3-12-7-15(28-25-12)18(27)26-6-4-5-11(9-26)14-8-13(19(20,21)22)16-10(2)24-29-17(16)23-14/h7-8,11H,3-6,9H2,1-2H3. The van der Waals surface area contributed by atoms with Crippen LogP contribution in [0.5, 0.6) is 0 Å². The minimum absolute atomic E-state index is 0.126. The molecule has 0 bridgehead atoms. The fourth-order valence-electron chi connectivity index (χ4n) is 3.68. The van der Waals surface area contributed by atoms with Crippen LogP contribution >= 0.6 is 0 Å². The lowest BCUT2D eigenvalue weighted by molar-refractivity contribution is -0.136. The van der Waals surface area contributed by atoms with Gasteiger partial charge in [-0.1, -0.05) is 17.2 Å². The first kappa shape index (κ1) is 19.4. The summed E-state index contributed by atoms with van der Waals surface area (Å²) in [6, 6.07) is 2.64. The molecule has 7 nitrogen and oxygen atoms in total. The highest BCUT2D eigenvalue weighted by Crippen LogP contribution is 2.38. The molecule has 0 aliphatic carbocycles. The summed E-state index contributed by atoms with van der Waals surface area (Å²) in [5.41, 5.74) is 0.0971. The van der Waals surface area contributed by atoms with Crippen LogP contribution in [-0.2, 0) is 12.6 Å². The van der Waals surface area contributed by atoms with Crippen LogP contribution in [0, 0.1) is 6.92 Å². The highest BCUT2D eigenvalue weighted by atomic mass is 19.4. The van der Waals surface area contributed by atoms with Gasteiger partial charge in [-0.05, 0) is 32.3 Å². The van der Waals surface area contributed by atoms with Crippen LogP contribution in [0.3, 0.4) is 0 Å². The summed E-state index contributed by atoms with van der Waals surface area (Å²) in [4.78, 5) is 18.6. The summed E-state index contributed by atoms with van der Waals surface area (Å²) >= 11 is 0. The van der Waals surface area contributed by atoms with Crippen molar-refractivity contribution in [1.29, 1.82) is 0 Å². The zero-order valence-electron chi connectivity index (χ0n) is 15.9. The molecule has 10 heteroatoms. The maximum Gasteiger partial charge on any atom is 0.417 e. The third kappa shape index (κ3) is 3.58. The summed E-state index contributed by atoms with van der Waals surface area (Å²) in [5, 5.41) is 7.33. The number of halogens is 3. The number of amides is 1. The van der Waals surface area contributed by atoms with Crippen molar-refractivity contribution in [1.82, 2.24) is 20.2 Å². The maximum atomic E-state index is 13.6. The SMILES string of the molecule is CCc1cc(C(=O)N2CCCC(c3cc(C(F)(F)F)c4c(C)noc4n3)C2)on1. The zero-order chi connectivity index (χ0) is 20.8. The van der Waals surface area contributed by atoms with E-state index in [4.69, 9.17) is 9.05 Å². The van der Waals surface area contributed by atoms with Crippen molar-refractivity contribution >= 4 is 17.0 Å². The van der Waals surface area contributed by atoms with E-state index in [0.717, 1.165) is 6.07 Å². The van der Waals surface area contributed by atoms with E-state index in [-0.39, 0.29) is 46.6 Å². The van der Waals surface area contributed by atoms with Gasteiger partial charge in [0.2, 0.25) is 5.76 Å². The Labute approximate surface area is 163 Å². The Morgan fingerprint density at radius 3 is 2.76 bits per heavy atom. The van der Waals surface area contributed by atoms with Crippen molar-refractivity contribution in [3.63, 3.8) is 0 Å². The summed E-state index contributed by atoms with van der Waals surface area (Å²) in [7, 11) is 0. The fraction of sp³-hybridized carbons (Fsp3) is 0.474. The molecule has 3 aromatic heterocycles. The van der Waals surface area contributed by atoms with Gasteiger partial charge >= 0.3 is 6.18 Å². The predicted octanol–water partition coefficient (Wildman–Crippen LogP) is 4.12. The second-order valence-corrected chi connectivity index (χ2v) is 7.17. The minimum atomic E-state index is -4.56. The lowest BCUT2D eigenvalue weighted by atomic mass is 9.92. The molecule has 3 aromatic rings. The summed E-state index contributed by atoms with van der Waals surface area (Å²) < 4.78 is 50.9. The Morgan fingerprint density at radius 1 is 1.28 bits per heavy atom. The second kappa shape index (κ2) is 7.16. The molecule has 0 saturated carbocycles. The Bertz CT molecular complexity index is 1060. The molecule has 0 aromatic carbocycles. The third-order valence-electron chi connectivity index (χ3n) is 5.20. The molecule has 154 valence electrons. The molecule has 4 rings (SSSR count). The van der Waals surface area contributed by atoms with Crippen molar-refractivity contribution < 1.29 is 27.0 Å². The number of alkyl halides is 3. The van der Waals surface area contributed by atoms with Crippen molar-refractivity contribution in [2.24, 2.45) is 0 Å². The van der Waals surface area contributed by atoms with Gasteiger partial charge in [-0.25, -0.2) is 4.98 Å². The Balaban J connectivity index is 1.64. The van der Waals surface area contributed by atoms with Gasteiger partial charge < -0.3 is 13.9 Å². The fourth-order valence-corrected chi connectivity index (χ4v) is 3.68. The number of hydrogen-bond acceptors (Lipinski definition) is 6. The largest absolute Gasteiger partial charge is 0.417 e. The van der Waals surface area contributed by atoms with Crippen molar-refractivity contribution in [3.8, 4) is 0 Å². The monoisotopic (exact) mass is 408 g/mol. The number of carbonyl (C=O) groups is 1. The number of pyridine rings is 1. The van der Waals surface area contributed by atoms with E-state index in [1.165, 1.54) is 6.92 Å². The van der Waals surface area contributed by atoms with Crippen LogP contribution in [0.15, 0.2) is 21.2 Å². The Morgan fingerprint density at radius 2 is 2.07 bits per heavy atom. The molecule has 29 heavy (non-hydrogen) atoms. The topological polar surface area (TPSA) is 85.3 Å². The van der Waals surface area contributed by atoms with Gasteiger partial charge in [-0.2, -0.15) is 13.2 Å². The molecule has 4 heterocycles. The van der Waals surface area contributed by atoms with E-state index in [1.54, 1.807) is 11.0 Å². The first-order valence-electron chi connectivity index (χ1n) is 9.37. The van der Waals surface area contributed by atoms with Gasteiger partial charge in [0.05, 0.1) is 28.0 Å². The van der Waals surface area contributed by atoms with E-state index in [1.807, 2.05) is 6.92 Å². The predicted molar refractivity (Wildman–Crippen MR) is 95.3 cm³/mol. The first-order chi connectivity index (χ1) is 13.8. The normalized spacial score (nSPS) is 17.8. The van der Waals surface area contributed by atoms with Gasteiger partial charge in [0.1, 0.15) is 0 Å². The number of aromatic nitrogens is 3. The number of rotatable bonds is 3. The smallest absolute Gasteiger partial charge is 0.351 e. The minimum Gasteiger partial charge on any atom is -0.351 e. The number of aryl methyl sites for hydroxylation is 2. The van der Waals surface area contributed by atoms with Gasteiger partial charge in [-0.15, -0.1) is 0 Å². The van der Waals surface area contributed by atoms with Crippen LogP contribution in [0.25, 0.3) is 11.1 Å². The van der Waals surface area contributed by atoms with Crippen molar-refractivity contribution in [2.45, 2.75) is 45.2 Å². The van der Waals surface area contributed by atoms with E-state index in [2.05, 4.69) is 15.3 Å². The molecule has 1 aliphatic heterocycles. The van der Waals surface area contributed by atoms with Crippen LogP contribution in [-0.4, -0.2) is 39.2 Å². The van der Waals surface area contributed by atoms with E-state index in [9.17, 15) is 18.0 Å². The highest BCUT2D eigenvalue weighted by molar-refractivity contribution is 5.91. The molecule has 1 amide bonds. The maximum absolute atomic E-state index is 13.6. The summed E-state index contributed by atoms with van der Waals surface area (Å²) in [6.45, 7) is 4.08. The zero-order valence-corrected chi connectivity index (χ0v) is 15.9. The molecule has 0 N–H and O–H groups in total. The van der Waals surface area contributed by atoms with Gasteiger partial charge in [-0.3, -0.25) is 4.79 Å². The van der Waals surface area contributed by atoms with E-state index in [0.29, 0.717) is 31.5 Å². The highest BCUT2D eigenvalue weighted by Gasteiger charge is 2.37. The van der Waals surface area contributed by atoms with E-state index >= 15 is 0 Å². The molecule has 1 aliphatic rings. The number of hydrogen-bond donors (Lipinski definition) is 0. The van der Waals surface area contributed by atoms with E-state index < -0.39 is 11.7 Å². The number of likely N-dealkylation sites (tertiary alicyclic amines) is 1. The van der Waals surface area contributed by atoms with Crippen LogP contribution in [0.2, 0.25) is 0 Å². The van der Waals surface area contributed by atoms with Crippen molar-refractivity contribution in [3.05, 3.63) is 40.5 Å². The molecule has 0 spiro atoms. The Hall–Kier alpha value is -2.91. The molecule has 1 atom stereocenters. The van der Waals surface area contributed by atoms with Gasteiger partial charge in [0.25, 0.3) is 11.6 Å². The number of fused-ring (bicyclic) bond motifs is 1. The number of carbonyl (C=O) groups excluding carboxylic acids is 1. The molecular formula is C19H19F3N4O3. The molecular weight excluding hydrogens is 389 g/mol. The van der Waals surface area contributed by atoms with Gasteiger partial charge in [0, 0.05) is 25.1 Å².